The third kappa shape index (κ3) is 1.46. The topological polar surface area (TPSA) is 53.0 Å². The van der Waals surface area contributed by atoms with Crippen LogP contribution < -0.4 is 0 Å². The Labute approximate surface area is 127 Å². The van der Waals surface area contributed by atoms with Crippen LogP contribution >= 0.6 is 0 Å². The number of rotatable bonds is 0. The van der Waals surface area contributed by atoms with Crippen molar-refractivity contribution in [2.45, 2.75) is 31.3 Å². The van der Waals surface area contributed by atoms with Crippen LogP contribution in [-0.2, 0) is 4.74 Å². The molecule has 22 heavy (non-hydrogen) atoms. The molecule has 0 spiro atoms. The van der Waals surface area contributed by atoms with E-state index in [2.05, 4.69) is 31.2 Å². The van der Waals surface area contributed by atoms with Crippen molar-refractivity contribution in [3.63, 3.8) is 0 Å². The number of hydrogen-bond acceptors (Lipinski definition) is 3. The van der Waals surface area contributed by atoms with E-state index in [1.807, 2.05) is 18.2 Å². The van der Waals surface area contributed by atoms with Crippen molar-refractivity contribution in [2.75, 3.05) is 0 Å². The smallest absolute Gasteiger partial charge is 0.118 e. The number of benzene rings is 3. The van der Waals surface area contributed by atoms with Crippen molar-refractivity contribution in [3.05, 3.63) is 59.2 Å². The molecule has 2 aliphatic rings. The summed E-state index contributed by atoms with van der Waals surface area (Å²) in [6, 6.07) is 14.5. The van der Waals surface area contributed by atoms with Gasteiger partial charge in [0.05, 0.1) is 0 Å². The van der Waals surface area contributed by atoms with Crippen molar-refractivity contribution in [2.24, 2.45) is 0 Å². The number of epoxide rings is 1. The predicted octanol–water partition coefficient (Wildman–Crippen LogP) is 3.15. The number of aliphatic hydroxyl groups excluding tert-OH is 2. The fourth-order valence-electron chi connectivity index (χ4n) is 4.00. The highest BCUT2D eigenvalue weighted by molar-refractivity contribution is 6.10. The molecule has 5 rings (SSSR count). The van der Waals surface area contributed by atoms with Crippen LogP contribution in [0.25, 0.3) is 21.5 Å². The molecule has 3 aromatic carbocycles. The largest absolute Gasteiger partial charge is 0.387 e. The lowest BCUT2D eigenvalue weighted by Gasteiger charge is -2.25. The summed E-state index contributed by atoms with van der Waals surface area (Å²) in [5, 5.41) is 25.2. The lowest BCUT2D eigenvalue weighted by Crippen LogP contribution is -2.29. The minimum Gasteiger partial charge on any atom is -0.387 e. The van der Waals surface area contributed by atoms with Crippen LogP contribution in [0.4, 0.5) is 0 Å². The average Bonchev–Trinajstić information content (AvgIpc) is 3.32. The second-order valence-corrected chi connectivity index (χ2v) is 6.36. The normalized spacial score (nSPS) is 29.4. The predicted molar refractivity (Wildman–Crippen MR) is 84.8 cm³/mol. The van der Waals surface area contributed by atoms with E-state index in [1.165, 1.54) is 21.7 Å². The van der Waals surface area contributed by atoms with E-state index < -0.39 is 12.2 Å². The number of ether oxygens (including phenoxy) is 1. The van der Waals surface area contributed by atoms with E-state index >= 15 is 0 Å². The molecule has 1 aliphatic heterocycles. The zero-order valence-electron chi connectivity index (χ0n) is 12.2. The molecule has 2 N–H and O–H groups in total. The van der Waals surface area contributed by atoms with Gasteiger partial charge in [0.2, 0.25) is 0 Å². The van der Waals surface area contributed by atoms with Gasteiger partial charge in [-0.15, -0.1) is 0 Å². The van der Waals surface area contributed by atoms with Crippen molar-refractivity contribution in [1.82, 2.24) is 0 Å². The molecule has 3 heteroatoms. The molecule has 0 aromatic heterocycles. The summed E-state index contributed by atoms with van der Waals surface area (Å²) in [7, 11) is 0. The Morgan fingerprint density at radius 2 is 1.82 bits per heavy atom. The molecule has 0 saturated carbocycles. The Morgan fingerprint density at radius 3 is 2.68 bits per heavy atom. The maximum atomic E-state index is 10.4. The van der Waals surface area contributed by atoms with Crippen LogP contribution in [0.15, 0.2) is 42.5 Å². The molecule has 0 bridgehead atoms. The molecule has 3 nitrogen and oxygen atoms in total. The molecule has 1 heterocycles. The van der Waals surface area contributed by atoms with E-state index in [-0.39, 0.29) is 12.2 Å². The molecule has 3 aromatic rings. The second kappa shape index (κ2) is 4.07. The summed E-state index contributed by atoms with van der Waals surface area (Å²) in [5.41, 5.74) is 3.05. The van der Waals surface area contributed by atoms with Crippen LogP contribution in [0.1, 0.15) is 28.9 Å². The first kappa shape index (κ1) is 12.6. The molecule has 1 fully saturated rings. The van der Waals surface area contributed by atoms with Crippen LogP contribution in [0, 0.1) is 6.92 Å². The van der Waals surface area contributed by atoms with Gasteiger partial charge in [-0.25, -0.2) is 0 Å². The van der Waals surface area contributed by atoms with Gasteiger partial charge in [0, 0.05) is 0 Å². The van der Waals surface area contributed by atoms with Gasteiger partial charge >= 0.3 is 0 Å². The van der Waals surface area contributed by atoms with Gasteiger partial charge in [0.15, 0.2) is 0 Å². The molecule has 0 unspecified atom stereocenters. The van der Waals surface area contributed by atoms with Gasteiger partial charge in [-0.05, 0) is 45.2 Å². The van der Waals surface area contributed by atoms with Crippen molar-refractivity contribution in [1.29, 1.82) is 0 Å². The number of fused-ring (bicyclic) bond motifs is 7. The molecule has 0 radical (unpaired) electrons. The highest BCUT2D eigenvalue weighted by Gasteiger charge is 2.54. The first-order chi connectivity index (χ1) is 10.7. The molecule has 0 amide bonds. The van der Waals surface area contributed by atoms with E-state index in [0.717, 1.165) is 16.5 Å². The van der Waals surface area contributed by atoms with Crippen LogP contribution in [0.3, 0.4) is 0 Å². The van der Waals surface area contributed by atoms with E-state index in [1.54, 1.807) is 0 Å². The van der Waals surface area contributed by atoms with Gasteiger partial charge in [0.1, 0.15) is 24.4 Å². The summed E-state index contributed by atoms with van der Waals surface area (Å²) < 4.78 is 5.65. The van der Waals surface area contributed by atoms with E-state index in [4.69, 9.17) is 4.74 Å². The third-order valence-electron chi connectivity index (χ3n) is 5.09. The number of aliphatic hydroxyl groups is 2. The molecule has 1 saturated heterocycles. The molecule has 4 atom stereocenters. The highest BCUT2D eigenvalue weighted by Crippen LogP contribution is 2.53. The minimum atomic E-state index is -0.867. The number of hydrogen-bond donors (Lipinski definition) is 2. The fourth-order valence-corrected chi connectivity index (χ4v) is 4.00. The Balaban J connectivity index is 1.94. The summed E-state index contributed by atoms with van der Waals surface area (Å²) in [4.78, 5) is 0. The summed E-state index contributed by atoms with van der Waals surface area (Å²) in [5.74, 6) is 0. The minimum absolute atomic E-state index is 0.0861. The molecule has 1 aliphatic carbocycles. The van der Waals surface area contributed by atoms with Gasteiger partial charge in [-0.2, -0.15) is 0 Å². The van der Waals surface area contributed by atoms with Gasteiger partial charge in [-0.3, -0.25) is 0 Å². The highest BCUT2D eigenvalue weighted by atomic mass is 16.6. The van der Waals surface area contributed by atoms with Crippen LogP contribution in [0.2, 0.25) is 0 Å². The lowest BCUT2D eigenvalue weighted by atomic mass is 9.82. The zero-order valence-corrected chi connectivity index (χ0v) is 12.2. The van der Waals surface area contributed by atoms with Crippen molar-refractivity contribution in [3.8, 4) is 0 Å². The standard InChI is InChI=1S/C19H16O3/c1-9-8-10-4-2-3-5-11(10)12-6-7-13-15(14(9)12)18-19(22-18)17(21)16(13)20/h2-8,16-21H,1H3/t16-,17+,18+,19-/m1/s1. The number of aryl methyl sites for hydroxylation is 1. The van der Waals surface area contributed by atoms with Crippen molar-refractivity contribution >= 4 is 21.5 Å². The molecular formula is C19H16O3. The van der Waals surface area contributed by atoms with E-state index in [9.17, 15) is 10.2 Å². The van der Waals surface area contributed by atoms with Crippen molar-refractivity contribution < 1.29 is 14.9 Å². The Kier molecular flexibility index (Phi) is 2.33. The SMILES string of the molecule is Cc1cc2ccccc2c2ccc3c(c12)[C@@H]1O[C@@H]1[C@@H](O)[C@@H]3O. The maximum Gasteiger partial charge on any atom is 0.118 e. The zero-order chi connectivity index (χ0) is 15.0. The summed E-state index contributed by atoms with van der Waals surface area (Å²) in [6.45, 7) is 2.10. The van der Waals surface area contributed by atoms with Crippen LogP contribution in [0.5, 0.6) is 0 Å². The fraction of sp³-hybridized carbons (Fsp3) is 0.263. The third-order valence-corrected chi connectivity index (χ3v) is 5.09. The van der Waals surface area contributed by atoms with E-state index in [0.29, 0.717) is 0 Å². The monoisotopic (exact) mass is 292 g/mol. The van der Waals surface area contributed by atoms with Gasteiger partial charge < -0.3 is 14.9 Å². The Morgan fingerprint density at radius 1 is 1.00 bits per heavy atom. The van der Waals surface area contributed by atoms with Gasteiger partial charge in [-0.1, -0.05) is 42.5 Å². The lowest BCUT2D eigenvalue weighted by molar-refractivity contribution is 0.000104. The average molecular weight is 292 g/mol. The quantitative estimate of drug-likeness (QED) is 0.494. The first-order valence-corrected chi connectivity index (χ1v) is 7.63. The molecular weight excluding hydrogens is 276 g/mol. The Bertz CT molecular complexity index is 931. The molecule has 110 valence electrons. The first-order valence-electron chi connectivity index (χ1n) is 7.63. The maximum absolute atomic E-state index is 10.4. The second-order valence-electron chi connectivity index (χ2n) is 6.36. The van der Waals surface area contributed by atoms with Gasteiger partial charge in [0.25, 0.3) is 0 Å². The Hall–Kier alpha value is -1.94. The summed E-state index contributed by atoms with van der Waals surface area (Å²) in [6.07, 6.45) is -2.04. The summed E-state index contributed by atoms with van der Waals surface area (Å²) >= 11 is 0. The van der Waals surface area contributed by atoms with Crippen LogP contribution in [-0.4, -0.2) is 22.4 Å².